The van der Waals surface area contributed by atoms with Gasteiger partial charge in [0.1, 0.15) is 0 Å². The van der Waals surface area contributed by atoms with Gasteiger partial charge in [0.2, 0.25) is 11.8 Å². The summed E-state index contributed by atoms with van der Waals surface area (Å²) >= 11 is 0. The van der Waals surface area contributed by atoms with Crippen molar-refractivity contribution in [1.29, 1.82) is 0 Å². The summed E-state index contributed by atoms with van der Waals surface area (Å²) in [5, 5.41) is 9.62. The van der Waals surface area contributed by atoms with E-state index in [2.05, 4.69) is 15.5 Å². The van der Waals surface area contributed by atoms with Crippen molar-refractivity contribution >= 4 is 29.1 Å². The lowest BCUT2D eigenvalue weighted by atomic mass is 10.1. The first-order chi connectivity index (χ1) is 13.1. The first kappa shape index (κ1) is 16.7. The van der Waals surface area contributed by atoms with Crippen LogP contribution in [0.1, 0.15) is 23.2 Å². The minimum Gasteiger partial charge on any atom is -0.322 e. The number of amides is 3. The van der Waals surface area contributed by atoms with Gasteiger partial charge < -0.3 is 5.32 Å². The molecule has 27 heavy (non-hydrogen) atoms. The third-order valence-electron chi connectivity index (χ3n) is 4.39. The van der Waals surface area contributed by atoms with Crippen LogP contribution in [0.25, 0.3) is 11.3 Å². The predicted octanol–water partition coefficient (Wildman–Crippen LogP) is 2.98. The molecule has 7 heteroatoms. The molecule has 0 bridgehead atoms. The number of carbonyl (C=O) groups excluding carboxylic acids is 3. The number of aromatic nitrogens is 2. The highest BCUT2D eigenvalue weighted by molar-refractivity contribution is 6.20. The molecule has 1 aromatic heterocycles. The fraction of sp³-hybridized carbons (Fsp3) is 0.100. The Balaban J connectivity index is 1.45. The maximum atomic E-state index is 12.4. The number of hydrogen-bond donors (Lipinski definition) is 2. The molecule has 0 radical (unpaired) electrons. The molecule has 4 rings (SSSR count). The van der Waals surface area contributed by atoms with Crippen LogP contribution >= 0.6 is 0 Å². The highest BCUT2D eigenvalue weighted by atomic mass is 16.2. The summed E-state index contributed by atoms with van der Waals surface area (Å²) in [6, 6.07) is 15.7. The van der Waals surface area contributed by atoms with Crippen molar-refractivity contribution in [2.45, 2.75) is 12.8 Å². The molecule has 0 saturated carbocycles. The smallest absolute Gasteiger partial charge is 0.255 e. The van der Waals surface area contributed by atoms with Gasteiger partial charge in [0.25, 0.3) is 5.91 Å². The van der Waals surface area contributed by atoms with Crippen LogP contribution in [-0.4, -0.2) is 27.9 Å². The predicted molar refractivity (Wildman–Crippen MR) is 100 cm³/mol. The van der Waals surface area contributed by atoms with Crippen LogP contribution in [0.15, 0.2) is 60.8 Å². The van der Waals surface area contributed by atoms with E-state index in [-0.39, 0.29) is 30.6 Å². The number of rotatable bonds is 4. The number of hydrogen-bond acceptors (Lipinski definition) is 4. The Bertz CT molecular complexity index is 977. The number of carbonyl (C=O) groups is 3. The fourth-order valence-corrected chi connectivity index (χ4v) is 2.98. The zero-order valence-electron chi connectivity index (χ0n) is 14.3. The maximum absolute atomic E-state index is 12.4. The van der Waals surface area contributed by atoms with Crippen molar-refractivity contribution in [1.82, 2.24) is 10.2 Å². The summed E-state index contributed by atoms with van der Waals surface area (Å²) in [4.78, 5) is 37.1. The molecule has 2 aromatic carbocycles. The second-order valence-electron chi connectivity index (χ2n) is 6.17. The minimum absolute atomic E-state index is 0.213. The molecule has 0 unspecified atom stereocenters. The van der Waals surface area contributed by atoms with Gasteiger partial charge in [-0.2, -0.15) is 5.10 Å². The normalized spacial score (nSPS) is 13.9. The molecule has 134 valence electrons. The molecule has 1 aliphatic rings. The van der Waals surface area contributed by atoms with Gasteiger partial charge in [-0.25, -0.2) is 0 Å². The maximum Gasteiger partial charge on any atom is 0.255 e. The first-order valence-corrected chi connectivity index (χ1v) is 8.49. The van der Waals surface area contributed by atoms with Crippen molar-refractivity contribution in [2.75, 3.05) is 10.2 Å². The van der Waals surface area contributed by atoms with Crippen molar-refractivity contribution in [2.24, 2.45) is 0 Å². The van der Waals surface area contributed by atoms with Crippen LogP contribution in [0.4, 0.5) is 11.4 Å². The van der Waals surface area contributed by atoms with E-state index >= 15 is 0 Å². The Morgan fingerprint density at radius 3 is 2.19 bits per heavy atom. The number of nitrogens with zero attached hydrogens (tertiary/aromatic N) is 2. The van der Waals surface area contributed by atoms with E-state index < -0.39 is 0 Å². The molecule has 3 amide bonds. The van der Waals surface area contributed by atoms with E-state index in [9.17, 15) is 14.4 Å². The molecule has 3 aromatic rings. The lowest BCUT2D eigenvalue weighted by molar-refractivity contribution is -0.121. The average molecular weight is 360 g/mol. The zero-order chi connectivity index (χ0) is 18.8. The van der Waals surface area contributed by atoms with E-state index in [0.29, 0.717) is 16.9 Å². The van der Waals surface area contributed by atoms with Crippen molar-refractivity contribution in [3.8, 4) is 11.3 Å². The quantitative estimate of drug-likeness (QED) is 0.699. The molecular formula is C20H16N4O3. The monoisotopic (exact) mass is 360 g/mol. The number of H-pyrrole nitrogens is 1. The van der Waals surface area contributed by atoms with Gasteiger partial charge in [-0.05, 0) is 48.0 Å². The Labute approximate surface area is 155 Å². The van der Waals surface area contributed by atoms with Crippen LogP contribution < -0.4 is 10.2 Å². The van der Waals surface area contributed by atoms with Gasteiger partial charge in [-0.15, -0.1) is 0 Å². The van der Waals surface area contributed by atoms with Crippen molar-refractivity contribution in [3.05, 3.63) is 66.4 Å². The summed E-state index contributed by atoms with van der Waals surface area (Å²) in [5.41, 5.74) is 3.46. The van der Waals surface area contributed by atoms with Crippen LogP contribution in [0, 0.1) is 0 Å². The summed E-state index contributed by atoms with van der Waals surface area (Å²) in [7, 11) is 0. The van der Waals surface area contributed by atoms with Crippen molar-refractivity contribution < 1.29 is 14.4 Å². The Kier molecular flexibility index (Phi) is 4.25. The Morgan fingerprint density at radius 1 is 0.926 bits per heavy atom. The standard InChI is InChI=1S/C20H16N4O3/c25-18-9-10-19(26)24(18)16-7-3-14(4-8-16)20(27)22-15-5-1-13(2-6-15)17-11-12-21-23-17/h1-8,11-12H,9-10H2,(H,21,23)(H,22,27). The zero-order valence-corrected chi connectivity index (χ0v) is 14.3. The number of imide groups is 1. The van der Waals surface area contributed by atoms with E-state index in [1.54, 1.807) is 30.5 Å². The molecule has 0 aliphatic carbocycles. The fourth-order valence-electron chi connectivity index (χ4n) is 2.98. The molecule has 2 N–H and O–H groups in total. The molecule has 1 saturated heterocycles. The summed E-state index contributed by atoms with van der Waals surface area (Å²) in [6.07, 6.45) is 2.14. The largest absolute Gasteiger partial charge is 0.322 e. The van der Waals surface area contributed by atoms with E-state index in [1.807, 2.05) is 30.3 Å². The second-order valence-corrected chi connectivity index (χ2v) is 6.17. The SMILES string of the molecule is O=C(Nc1ccc(-c2ccn[nH]2)cc1)c1ccc(N2C(=O)CCC2=O)cc1. The lowest BCUT2D eigenvalue weighted by Crippen LogP contribution is -2.28. The first-order valence-electron chi connectivity index (χ1n) is 8.49. The van der Waals surface area contributed by atoms with E-state index in [1.165, 1.54) is 0 Å². The summed E-state index contributed by atoms with van der Waals surface area (Å²) in [5.74, 6) is -0.695. The summed E-state index contributed by atoms with van der Waals surface area (Å²) < 4.78 is 0. The number of anilines is 2. The van der Waals surface area contributed by atoms with Crippen molar-refractivity contribution in [3.63, 3.8) is 0 Å². The number of nitrogens with one attached hydrogen (secondary N) is 2. The lowest BCUT2D eigenvalue weighted by Gasteiger charge is -2.14. The van der Waals surface area contributed by atoms with E-state index in [4.69, 9.17) is 0 Å². The highest BCUT2D eigenvalue weighted by Crippen LogP contribution is 2.23. The number of aromatic amines is 1. The third kappa shape index (κ3) is 3.35. The molecule has 1 aliphatic heterocycles. The Hall–Kier alpha value is -3.74. The molecule has 7 nitrogen and oxygen atoms in total. The van der Waals surface area contributed by atoms with Crippen LogP contribution in [0.3, 0.4) is 0 Å². The minimum atomic E-state index is -0.269. The second kappa shape index (κ2) is 6.87. The van der Waals surface area contributed by atoms with Gasteiger partial charge in [-0.1, -0.05) is 12.1 Å². The molecule has 2 heterocycles. The average Bonchev–Trinajstić information content (AvgIpc) is 3.33. The van der Waals surface area contributed by atoms with Gasteiger partial charge in [0.15, 0.2) is 0 Å². The van der Waals surface area contributed by atoms with Gasteiger partial charge in [-0.3, -0.25) is 24.4 Å². The van der Waals surface area contributed by atoms with E-state index in [0.717, 1.165) is 16.2 Å². The Morgan fingerprint density at radius 2 is 1.59 bits per heavy atom. The van der Waals surface area contributed by atoms with Gasteiger partial charge in [0.05, 0.1) is 11.4 Å². The van der Waals surface area contributed by atoms with Crippen LogP contribution in [0.5, 0.6) is 0 Å². The van der Waals surface area contributed by atoms with Crippen LogP contribution in [-0.2, 0) is 9.59 Å². The van der Waals surface area contributed by atoms with Gasteiger partial charge in [0, 0.05) is 30.3 Å². The molecule has 1 fully saturated rings. The molecule has 0 atom stereocenters. The topological polar surface area (TPSA) is 95.2 Å². The third-order valence-corrected chi connectivity index (χ3v) is 4.39. The summed E-state index contributed by atoms with van der Waals surface area (Å²) in [6.45, 7) is 0. The highest BCUT2D eigenvalue weighted by Gasteiger charge is 2.30. The molecular weight excluding hydrogens is 344 g/mol. The number of benzene rings is 2. The molecule has 0 spiro atoms. The van der Waals surface area contributed by atoms with Gasteiger partial charge >= 0.3 is 0 Å². The van der Waals surface area contributed by atoms with Crippen LogP contribution in [0.2, 0.25) is 0 Å².